The Balaban J connectivity index is 2.15. The summed E-state index contributed by atoms with van der Waals surface area (Å²) in [6, 6.07) is 3.36. The monoisotopic (exact) mass is 286 g/mol. The molecule has 1 aliphatic rings. The maximum atomic E-state index is 12.5. The Kier molecular flexibility index (Phi) is 4.65. The summed E-state index contributed by atoms with van der Waals surface area (Å²) in [5.41, 5.74) is 0. The highest BCUT2D eigenvalue weighted by Crippen LogP contribution is 2.27. The number of furan rings is 1. The van der Waals surface area contributed by atoms with Gasteiger partial charge in [0.1, 0.15) is 5.76 Å². The lowest BCUT2D eigenvalue weighted by molar-refractivity contribution is 0.278. The molecule has 0 bridgehead atoms. The van der Waals surface area contributed by atoms with Gasteiger partial charge in [0.15, 0.2) is 0 Å². The Hall–Kier alpha value is -0.850. The Labute approximate surface area is 115 Å². The predicted molar refractivity (Wildman–Crippen MR) is 73.3 cm³/mol. The van der Waals surface area contributed by atoms with Crippen LogP contribution < -0.4 is 5.32 Å². The number of rotatable bonds is 5. The van der Waals surface area contributed by atoms with Crippen LogP contribution in [0.2, 0.25) is 0 Å². The van der Waals surface area contributed by atoms with E-state index < -0.39 is 10.0 Å². The van der Waals surface area contributed by atoms with Crippen LogP contribution in [0.15, 0.2) is 21.6 Å². The highest BCUT2D eigenvalue weighted by Gasteiger charge is 2.31. The van der Waals surface area contributed by atoms with Crippen LogP contribution in [0.1, 0.15) is 37.9 Å². The van der Waals surface area contributed by atoms with E-state index in [9.17, 15) is 8.42 Å². The molecule has 0 unspecified atom stereocenters. The van der Waals surface area contributed by atoms with Crippen LogP contribution >= 0.6 is 0 Å². The minimum absolute atomic E-state index is 0.0471. The zero-order valence-corrected chi connectivity index (χ0v) is 12.4. The molecule has 1 fully saturated rings. The molecule has 0 amide bonds. The summed E-state index contributed by atoms with van der Waals surface area (Å²) in [4.78, 5) is 0. The second-order valence-corrected chi connectivity index (χ2v) is 6.99. The molecular weight excluding hydrogens is 264 g/mol. The van der Waals surface area contributed by atoms with Crippen LogP contribution in [0.5, 0.6) is 0 Å². The lowest BCUT2D eigenvalue weighted by atomic mass is 9.96. The van der Waals surface area contributed by atoms with E-state index in [-0.39, 0.29) is 11.1 Å². The zero-order valence-electron chi connectivity index (χ0n) is 11.6. The number of sulfonamides is 1. The van der Waals surface area contributed by atoms with Crippen LogP contribution in [-0.4, -0.2) is 32.9 Å². The molecular formula is C13H22N2O3S. The molecule has 0 atom stereocenters. The van der Waals surface area contributed by atoms with Crippen molar-refractivity contribution in [3.05, 3.63) is 17.9 Å². The van der Waals surface area contributed by atoms with Crippen LogP contribution in [0.3, 0.4) is 0 Å². The first-order valence-electron chi connectivity index (χ1n) is 6.77. The largest absolute Gasteiger partial charge is 0.447 e. The van der Waals surface area contributed by atoms with Crippen molar-refractivity contribution in [2.24, 2.45) is 0 Å². The second-order valence-electron chi connectivity index (χ2n) is 5.06. The van der Waals surface area contributed by atoms with Crippen molar-refractivity contribution >= 4 is 10.0 Å². The average Bonchev–Trinajstić information content (AvgIpc) is 2.89. The van der Waals surface area contributed by atoms with Gasteiger partial charge in [0.05, 0.1) is 6.54 Å². The molecule has 2 rings (SSSR count). The molecule has 1 aromatic heterocycles. The summed E-state index contributed by atoms with van der Waals surface area (Å²) in [6.45, 7) is 0.530. The number of hydrogen-bond donors (Lipinski definition) is 1. The van der Waals surface area contributed by atoms with Crippen LogP contribution in [-0.2, 0) is 16.6 Å². The Bertz CT molecular complexity index is 504. The molecule has 0 aromatic carbocycles. The molecule has 0 spiro atoms. The van der Waals surface area contributed by atoms with Gasteiger partial charge < -0.3 is 9.73 Å². The molecule has 1 heterocycles. The normalized spacial score (nSPS) is 18.1. The smallest absolute Gasteiger partial charge is 0.276 e. The molecule has 108 valence electrons. The fourth-order valence-corrected chi connectivity index (χ4v) is 3.89. The molecule has 6 heteroatoms. The average molecular weight is 286 g/mol. The van der Waals surface area contributed by atoms with E-state index in [0.717, 1.165) is 25.7 Å². The van der Waals surface area contributed by atoms with Crippen molar-refractivity contribution in [1.82, 2.24) is 9.62 Å². The molecule has 0 saturated heterocycles. The third-order valence-electron chi connectivity index (χ3n) is 3.71. The molecule has 0 radical (unpaired) electrons. The molecule has 1 aliphatic carbocycles. The fourth-order valence-electron chi connectivity index (χ4n) is 2.55. The highest BCUT2D eigenvalue weighted by atomic mass is 32.2. The number of hydrogen-bond acceptors (Lipinski definition) is 4. The van der Waals surface area contributed by atoms with E-state index in [2.05, 4.69) is 5.32 Å². The van der Waals surface area contributed by atoms with Gasteiger partial charge in [-0.2, -0.15) is 4.31 Å². The van der Waals surface area contributed by atoms with E-state index in [4.69, 9.17) is 4.42 Å². The second kappa shape index (κ2) is 6.07. The van der Waals surface area contributed by atoms with Crippen molar-refractivity contribution in [2.45, 2.75) is 49.8 Å². The molecule has 5 nitrogen and oxygen atoms in total. The van der Waals surface area contributed by atoms with Gasteiger partial charge in [-0.05, 0) is 32.0 Å². The van der Waals surface area contributed by atoms with Crippen molar-refractivity contribution in [1.29, 1.82) is 0 Å². The van der Waals surface area contributed by atoms with Gasteiger partial charge in [0.25, 0.3) is 10.0 Å². The van der Waals surface area contributed by atoms with Gasteiger partial charge in [0, 0.05) is 13.1 Å². The minimum atomic E-state index is -3.50. The molecule has 0 aliphatic heterocycles. The van der Waals surface area contributed by atoms with Gasteiger partial charge in [0.2, 0.25) is 5.09 Å². The first-order valence-corrected chi connectivity index (χ1v) is 8.21. The van der Waals surface area contributed by atoms with Gasteiger partial charge >= 0.3 is 0 Å². The van der Waals surface area contributed by atoms with E-state index in [0.29, 0.717) is 12.3 Å². The maximum Gasteiger partial charge on any atom is 0.276 e. The van der Waals surface area contributed by atoms with Crippen molar-refractivity contribution < 1.29 is 12.8 Å². The molecule has 1 saturated carbocycles. The van der Waals surface area contributed by atoms with Crippen LogP contribution in [0, 0.1) is 0 Å². The lowest BCUT2D eigenvalue weighted by Gasteiger charge is -2.29. The standard InChI is InChI=1S/C13H22N2O3S/c1-14-10-12-8-9-13(18-12)19(16,17)15(2)11-6-4-3-5-7-11/h8-9,11,14H,3-7,10H2,1-2H3. The minimum Gasteiger partial charge on any atom is -0.447 e. The zero-order chi connectivity index (χ0) is 13.9. The van der Waals surface area contributed by atoms with Gasteiger partial charge in [-0.3, -0.25) is 0 Å². The first kappa shape index (κ1) is 14.6. The van der Waals surface area contributed by atoms with Gasteiger partial charge in [-0.15, -0.1) is 0 Å². The van der Waals surface area contributed by atoms with Gasteiger partial charge in [-0.1, -0.05) is 19.3 Å². The van der Waals surface area contributed by atoms with E-state index in [1.165, 1.54) is 10.7 Å². The summed E-state index contributed by atoms with van der Waals surface area (Å²) in [7, 11) is -0.0424. The lowest BCUT2D eigenvalue weighted by Crippen LogP contribution is -2.38. The summed E-state index contributed by atoms with van der Waals surface area (Å²) in [5, 5.41) is 2.99. The SMILES string of the molecule is CNCc1ccc(S(=O)(=O)N(C)C2CCCCC2)o1. The third-order valence-corrected chi connectivity index (χ3v) is 5.49. The van der Waals surface area contributed by atoms with E-state index in [1.807, 2.05) is 0 Å². The Morgan fingerprint density at radius 2 is 2.00 bits per heavy atom. The summed E-state index contributed by atoms with van der Waals surface area (Å²) in [5.74, 6) is 0.637. The highest BCUT2D eigenvalue weighted by molar-refractivity contribution is 7.89. The number of nitrogens with one attached hydrogen (secondary N) is 1. The molecule has 1 N–H and O–H groups in total. The Morgan fingerprint density at radius 3 is 2.63 bits per heavy atom. The molecule has 19 heavy (non-hydrogen) atoms. The molecule has 1 aromatic rings. The summed E-state index contributed by atoms with van der Waals surface area (Å²) >= 11 is 0. The van der Waals surface area contributed by atoms with Crippen molar-refractivity contribution in [3.8, 4) is 0 Å². The van der Waals surface area contributed by atoms with E-state index in [1.54, 1.807) is 26.2 Å². The topological polar surface area (TPSA) is 62.6 Å². The van der Waals surface area contributed by atoms with Crippen LogP contribution in [0.25, 0.3) is 0 Å². The van der Waals surface area contributed by atoms with Crippen molar-refractivity contribution in [2.75, 3.05) is 14.1 Å². The quantitative estimate of drug-likeness (QED) is 0.898. The third kappa shape index (κ3) is 3.19. The predicted octanol–water partition coefficient (Wildman–Crippen LogP) is 1.95. The van der Waals surface area contributed by atoms with E-state index >= 15 is 0 Å². The van der Waals surface area contributed by atoms with Gasteiger partial charge in [-0.25, -0.2) is 8.42 Å². The Morgan fingerprint density at radius 1 is 1.32 bits per heavy atom. The van der Waals surface area contributed by atoms with Crippen molar-refractivity contribution in [3.63, 3.8) is 0 Å². The summed E-state index contributed by atoms with van der Waals surface area (Å²) < 4.78 is 31.8. The maximum absolute atomic E-state index is 12.5. The fraction of sp³-hybridized carbons (Fsp3) is 0.692. The number of nitrogens with zero attached hydrogens (tertiary/aromatic N) is 1. The summed E-state index contributed by atoms with van der Waals surface area (Å²) in [6.07, 6.45) is 5.30. The van der Waals surface area contributed by atoms with Crippen LogP contribution in [0.4, 0.5) is 0 Å². The first-order chi connectivity index (χ1) is 9.05.